The van der Waals surface area contributed by atoms with Gasteiger partial charge in [-0.1, -0.05) is 35.9 Å². The number of nitrogens with one attached hydrogen (secondary N) is 1. The van der Waals surface area contributed by atoms with Crippen molar-refractivity contribution in [1.82, 2.24) is 15.3 Å². The highest BCUT2D eigenvalue weighted by molar-refractivity contribution is 6.02. The lowest BCUT2D eigenvalue weighted by Crippen LogP contribution is -2.29. The van der Waals surface area contributed by atoms with E-state index >= 15 is 0 Å². The van der Waals surface area contributed by atoms with E-state index in [0.29, 0.717) is 24.4 Å². The molecule has 2 aromatic carbocycles. The maximum absolute atomic E-state index is 13.1. The SMILES string of the molecule is Cc1ccc(-c2nc(CCNC(=O)c3cc4ccccc4nc3N3CCCC3)co2)cc1. The highest BCUT2D eigenvalue weighted by Gasteiger charge is 2.22. The number of carbonyl (C=O) groups is 1. The van der Waals surface area contributed by atoms with Gasteiger partial charge in [-0.15, -0.1) is 0 Å². The predicted octanol–water partition coefficient (Wildman–Crippen LogP) is 4.77. The minimum atomic E-state index is -0.104. The summed E-state index contributed by atoms with van der Waals surface area (Å²) in [6, 6.07) is 18.0. The number of aromatic nitrogens is 2. The van der Waals surface area contributed by atoms with E-state index in [1.165, 1.54) is 5.56 Å². The van der Waals surface area contributed by atoms with E-state index in [1.807, 2.05) is 61.5 Å². The van der Waals surface area contributed by atoms with Gasteiger partial charge in [0.25, 0.3) is 5.91 Å². The third-order valence-corrected chi connectivity index (χ3v) is 5.87. The molecule has 1 saturated heterocycles. The third-order valence-electron chi connectivity index (χ3n) is 5.87. The topological polar surface area (TPSA) is 71.3 Å². The molecule has 1 fully saturated rings. The zero-order chi connectivity index (χ0) is 21.9. The van der Waals surface area contributed by atoms with Crippen molar-refractivity contribution in [1.29, 1.82) is 0 Å². The lowest BCUT2D eigenvalue weighted by Gasteiger charge is -2.20. The van der Waals surface area contributed by atoms with E-state index < -0.39 is 0 Å². The Labute approximate surface area is 187 Å². The van der Waals surface area contributed by atoms with E-state index in [4.69, 9.17) is 9.40 Å². The molecule has 0 radical (unpaired) electrons. The number of oxazole rings is 1. The summed E-state index contributed by atoms with van der Waals surface area (Å²) in [4.78, 5) is 24.7. The van der Waals surface area contributed by atoms with Crippen molar-refractivity contribution in [3.63, 3.8) is 0 Å². The normalized spacial score (nSPS) is 13.6. The van der Waals surface area contributed by atoms with Crippen LogP contribution in [0.25, 0.3) is 22.4 Å². The number of amides is 1. The number of fused-ring (bicyclic) bond motifs is 1. The van der Waals surface area contributed by atoms with Crippen LogP contribution in [-0.4, -0.2) is 35.5 Å². The Balaban J connectivity index is 1.29. The number of hydrogen-bond donors (Lipinski definition) is 1. The number of rotatable bonds is 6. The van der Waals surface area contributed by atoms with Gasteiger partial charge in [0, 0.05) is 37.0 Å². The van der Waals surface area contributed by atoms with Crippen molar-refractivity contribution < 1.29 is 9.21 Å². The molecule has 0 unspecified atom stereocenters. The first kappa shape index (κ1) is 20.2. The van der Waals surface area contributed by atoms with Crippen molar-refractivity contribution in [2.75, 3.05) is 24.5 Å². The summed E-state index contributed by atoms with van der Waals surface area (Å²) < 4.78 is 5.63. The second kappa shape index (κ2) is 8.83. The Bertz CT molecular complexity index is 1240. The van der Waals surface area contributed by atoms with Gasteiger partial charge in [-0.05, 0) is 44.0 Å². The molecule has 162 valence electrons. The van der Waals surface area contributed by atoms with E-state index in [1.54, 1.807) is 6.26 Å². The van der Waals surface area contributed by atoms with Gasteiger partial charge >= 0.3 is 0 Å². The Hall–Kier alpha value is -3.67. The molecular formula is C26H26N4O2. The van der Waals surface area contributed by atoms with Gasteiger partial charge in [-0.2, -0.15) is 0 Å². The van der Waals surface area contributed by atoms with Crippen LogP contribution in [0, 0.1) is 6.92 Å². The zero-order valence-corrected chi connectivity index (χ0v) is 18.2. The summed E-state index contributed by atoms with van der Waals surface area (Å²) >= 11 is 0. The average Bonchev–Trinajstić information content (AvgIpc) is 3.51. The second-order valence-corrected chi connectivity index (χ2v) is 8.26. The lowest BCUT2D eigenvalue weighted by atomic mass is 10.1. The molecule has 6 heteroatoms. The van der Waals surface area contributed by atoms with Gasteiger partial charge in [0.1, 0.15) is 12.1 Å². The molecule has 32 heavy (non-hydrogen) atoms. The fourth-order valence-electron chi connectivity index (χ4n) is 4.09. The van der Waals surface area contributed by atoms with Gasteiger partial charge in [0.15, 0.2) is 0 Å². The molecule has 5 rings (SSSR count). The summed E-state index contributed by atoms with van der Waals surface area (Å²) in [6.45, 7) is 4.40. The smallest absolute Gasteiger partial charge is 0.255 e. The summed E-state index contributed by atoms with van der Waals surface area (Å²) in [7, 11) is 0. The maximum Gasteiger partial charge on any atom is 0.255 e. The Morgan fingerprint density at radius 2 is 1.84 bits per heavy atom. The standard InChI is InChI=1S/C26H26N4O2/c1-18-8-10-19(11-9-18)26-28-21(17-32-26)12-13-27-25(31)22-16-20-6-2-3-7-23(20)29-24(22)30-14-4-5-15-30/h2-3,6-11,16-17H,4-5,12-15H2,1H3,(H,27,31). The first-order valence-electron chi connectivity index (χ1n) is 11.1. The molecule has 6 nitrogen and oxygen atoms in total. The van der Waals surface area contributed by atoms with Crippen molar-refractivity contribution in [3.8, 4) is 11.5 Å². The van der Waals surface area contributed by atoms with Crippen LogP contribution < -0.4 is 10.2 Å². The summed E-state index contributed by atoms with van der Waals surface area (Å²) in [6.07, 6.45) is 4.52. The molecule has 1 amide bonds. The molecule has 0 spiro atoms. The first-order chi connectivity index (χ1) is 15.7. The molecule has 2 aromatic heterocycles. The average molecular weight is 427 g/mol. The largest absolute Gasteiger partial charge is 0.444 e. The van der Waals surface area contributed by atoms with Crippen molar-refractivity contribution in [2.24, 2.45) is 0 Å². The van der Waals surface area contributed by atoms with Gasteiger partial charge < -0.3 is 14.6 Å². The highest BCUT2D eigenvalue weighted by Crippen LogP contribution is 2.26. The van der Waals surface area contributed by atoms with E-state index in [-0.39, 0.29) is 5.91 Å². The number of para-hydroxylation sites is 1. The van der Waals surface area contributed by atoms with Crippen LogP contribution in [-0.2, 0) is 6.42 Å². The number of benzene rings is 2. The molecule has 3 heterocycles. The van der Waals surface area contributed by atoms with Crippen molar-refractivity contribution >= 4 is 22.6 Å². The summed E-state index contributed by atoms with van der Waals surface area (Å²) in [5.41, 5.74) is 4.50. The summed E-state index contributed by atoms with van der Waals surface area (Å²) in [5.74, 6) is 1.27. The van der Waals surface area contributed by atoms with Gasteiger partial charge in [0.05, 0.1) is 16.8 Å². The molecule has 1 aliphatic rings. The third kappa shape index (κ3) is 4.21. The van der Waals surface area contributed by atoms with Gasteiger partial charge in [-0.3, -0.25) is 4.79 Å². The Morgan fingerprint density at radius 1 is 1.06 bits per heavy atom. The number of anilines is 1. The van der Waals surface area contributed by atoms with Crippen LogP contribution in [0.3, 0.4) is 0 Å². The fraction of sp³-hybridized carbons (Fsp3) is 0.269. The van der Waals surface area contributed by atoms with Crippen LogP contribution >= 0.6 is 0 Å². The van der Waals surface area contributed by atoms with Crippen LogP contribution in [0.5, 0.6) is 0 Å². The quantitative estimate of drug-likeness (QED) is 0.481. The number of carbonyl (C=O) groups excluding carboxylic acids is 1. The molecule has 4 aromatic rings. The molecule has 0 bridgehead atoms. The van der Waals surface area contributed by atoms with Crippen molar-refractivity contribution in [3.05, 3.63) is 77.7 Å². The maximum atomic E-state index is 13.1. The van der Waals surface area contributed by atoms with Crippen LogP contribution in [0.2, 0.25) is 0 Å². The van der Waals surface area contributed by atoms with Gasteiger partial charge in [-0.25, -0.2) is 9.97 Å². The first-order valence-corrected chi connectivity index (χ1v) is 11.1. The van der Waals surface area contributed by atoms with Crippen molar-refractivity contribution in [2.45, 2.75) is 26.2 Å². The Morgan fingerprint density at radius 3 is 2.66 bits per heavy atom. The second-order valence-electron chi connectivity index (χ2n) is 8.26. The predicted molar refractivity (Wildman–Crippen MR) is 126 cm³/mol. The minimum absolute atomic E-state index is 0.104. The zero-order valence-electron chi connectivity index (χ0n) is 18.2. The molecule has 0 aliphatic carbocycles. The number of pyridine rings is 1. The van der Waals surface area contributed by atoms with E-state index in [9.17, 15) is 4.79 Å². The minimum Gasteiger partial charge on any atom is -0.444 e. The number of hydrogen-bond acceptors (Lipinski definition) is 5. The monoisotopic (exact) mass is 426 g/mol. The molecule has 1 N–H and O–H groups in total. The number of nitrogens with zero attached hydrogens (tertiary/aromatic N) is 3. The van der Waals surface area contributed by atoms with Gasteiger partial charge in [0.2, 0.25) is 5.89 Å². The van der Waals surface area contributed by atoms with E-state index in [0.717, 1.165) is 53.9 Å². The fourth-order valence-corrected chi connectivity index (χ4v) is 4.09. The van der Waals surface area contributed by atoms with Crippen LogP contribution in [0.1, 0.15) is 34.5 Å². The molecular weight excluding hydrogens is 400 g/mol. The lowest BCUT2D eigenvalue weighted by molar-refractivity contribution is 0.0954. The number of aryl methyl sites for hydroxylation is 1. The van der Waals surface area contributed by atoms with Crippen LogP contribution in [0.4, 0.5) is 5.82 Å². The Kier molecular flexibility index (Phi) is 5.58. The molecule has 0 saturated carbocycles. The summed E-state index contributed by atoms with van der Waals surface area (Å²) in [5, 5.41) is 4.02. The highest BCUT2D eigenvalue weighted by atomic mass is 16.3. The van der Waals surface area contributed by atoms with Crippen LogP contribution in [0.15, 0.2) is 65.3 Å². The van der Waals surface area contributed by atoms with E-state index in [2.05, 4.69) is 15.2 Å². The molecule has 0 atom stereocenters. The molecule has 1 aliphatic heterocycles.